The molecule has 0 aliphatic rings. The Labute approximate surface area is 66.5 Å². The normalized spacial score (nSPS) is 11.2. The van der Waals surface area contributed by atoms with Crippen molar-refractivity contribution in [2.75, 3.05) is 20.6 Å². The minimum Gasteiger partial charge on any atom is -0.309 e. The van der Waals surface area contributed by atoms with Gasteiger partial charge >= 0.3 is 0 Å². The van der Waals surface area contributed by atoms with Gasteiger partial charge in [0, 0.05) is 6.54 Å². The lowest BCUT2D eigenvalue weighted by atomic mass is 10.4. The third-order valence-electron chi connectivity index (χ3n) is 0.992. The summed E-state index contributed by atoms with van der Waals surface area (Å²) in [6, 6.07) is 0. The molecular weight excluding hydrogens is 150 g/mol. The molecule has 0 rings (SSSR count). The van der Waals surface area contributed by atoms with Crippen LogP contribution in [0.3, 0.4) is 0 Å². The third-order valence-corrected chi connectivity index (χ3v) is 1.12. The lowest BCUT2D eigenvalue weighted by molar-refractivity contribution is -0.107. The SMILES string of the molecule is CN(C)CC/C=C/C(=O)Cl. The number of allylic oxidation sites excluding steroid dienone is 1. The summed E-state index contributed by atoms with van der Waals surface area (Å²) >= 11 is 5.05. The quantitative estimate of drug-likeness (QED) is 0.457. The van der Waals surface area contributed by atoms with Crippen molar-refractivity contribution < 1.29 is 4.79 Å². The Morgan fingerprint density at radius 1 is 1.60 bits per heavy atom. The van der Waals surface area contributed by atoms with Crippen molar-refractivity contribution in [1.82, 2.24) is 4.90 Å². The first-order valence-corrected chi connectivity index (χ1v) is 3.51. The van der Waals surface area contributed by atoms with Gasteiger partial charge in [-0.15, -0.1) is 0 Å². The molecule has 0 aromatic rings. The molecule has 10 heavy (non-hydrogen) atoms. The van der Waals surface area contributed by atoms with Crippen molar-refractivity contribution in [3.8, 4) is 0 Å². The summed E-state index contributed by atoms with van der Waals surface area (Å²) in [5.74, 6) is 0. The van der Waals surface area contributed by atoms with Crippen LogP contribution in [-0.4, -0.2) is 30.8 Å². The van der Waals surface area contributed by atoms with Gasteiger partial charge in [0.05, 0.1) is 0 Å². The Balaban J connectivity index is 3.27. The van der Waals surface area contributed by atoms with Crippen LogP contribution in [0.2, 0.25) is 0 Å². The first-order valence-electron chi connectivity index (χ1n) is 3.13. The fraction of sp³-hybridized carbons (Fsp3) is 0.571. The Morgan fingerprint density at radius 2 is 2.20 bits per heavy atom. The first kappa shape index (κ1) is 9.66. The Bertz CT molecular complexity index is 132. The second kappa shape index (κ2) is 5.45. The van der Waals surface area contributed by atoms with Gasteiger partial charge in [-0.25, -0.2) is 0 Å². The van der Waals surface area contributed by atoms with Crippen molar-refractivity contribution in [1.29, 1.82) is 0 Å². The molecule has 58 valence electrons. The van der Waals surface area contributed by atoms with E-state index in [1.807, 2.05) is 19.0 Å². The maximum atomic E-state index is 10.2. The summed E-state index contributed by atoms with van der Waals surface area (Å²) in [6.45, 7) is 0.945. The van der Waals surface area contributed by atoms with E-state index in [0.717, 1.165) is 13.0 Å². The molecule has 0 saturated heterocycles. The summed E-state index contributed by atoms with van der Waals surface area (Å²) in [5, 5.41) is -0.404. The van der Waals surface area contributed by atoms with Gasteiger partial charge in [0.15, 0.2) is 0 Å². The summed E-state index contributed by atoms with van der Waals surface area (Å²) < 4.78 is 0. The van der Waals surface area contributed by atoms with Crippen LogP contribution in [0.1, 0.15) is 6.42 Å². The van der Waals surface area contributed by atoms with Gasteiger partial charge in [0.25, 0.3) is 0 Å². The molecule has 0 radical (unpaired) electrons. The predicted octanol–water partition coefficient (Wildman–Crippen LogP) is 1.26. The van der Waals surface area contributed by atoms with Crippen LogP contribution in [0.5, 0.6) is 0 Å². The summed E-state index contributed by atoms with van der Waals surface area (Å²) in [4.78, 5) is 12.2. The number of rotatable bonds is 4. The molecule has 0 saturated carbocycles. The second-order valence-corrected chi connectivity index (χ2v) is 2.67. The highest BCUT2D eigenvalue weighted by Gasteiger charge is 1.86. The topological polar surface area (TPSA) is 20.3 Å². The first-order chi connectivity index (χ1) is 4.63. The van der Waals surface area contributed by atoms with Crippen LogP contribution in [-0.2, 0) is 4.79 Å². The zero-order valence-corrected chi connectivity index (χ0v) is 7.06. The fourth-order valence-corrected chi connectivity index (χ4v) is 0.598. The highest BCUT2D eigenvalue weighted by Crippen LogP contribution is 1.88. The van der Waals surface area contributed by atoms with Crippen LogP contribution in [0.15, 0.2) is 12.2 Å². The Kier molecular flexibility index (Phi) is 5.26. The molecule has 0 bridgehead atoms. The minimum atomic E-state index is -0.404. The van der Waals surface area contributed by atoms with Crippen molar-refractivity contribution in [3.05, 3.63) is 12.2 Å². The highest BCUT2D eigenvalue weighted by atomic mass is 35.5. The van der Waals surface area contributed by atoms with Crippen LogP contribution in [0.4, 0.5) is 0 Å². The number of nitrogens with zero attached hydrogens (tertiary/aromatic N) is 1. The fourth-order valence-electron chi connectivity index (χ4n) is 0.509. The van der Waals surface area contributed by atoms with E-state index in [2.05, 4.69) is 0 Å². The monoisotopic (exact) mass is 161 g/mol. The molecule has 0 aromatic carbocycles. The van der Waals surface area contributed by atoms with Crippen LogP contribution in [0.25, 0.3) is 0 Å². The van der Waals surface area contributed by atoms with E-state index in [1.165, 1.54) is 6.08 Å². The molecule has 0 amide bonds. The van der Waals surface area contributed by atoms with Crippen molar-refractivity contribution in [2.45, 2.75) is 6.42 Å². The molecule has 0 aliphatic carbocycles. The van der Waals surface area contributed by atoms with Crippen molar-refractivity contribution >= 4 is 16.8 Å². The molecule has 0 spiro atoms. The third kappa shape index (κ3) is 7.66. The highest BCUT2D eigenvalue weighted by molar-refractivity contribution is 6.66. The lowest BCUT2D eigenvalue weighted by Gasteiger charge is -2.04. The molecular formula is C7H12ClNO. The van der Waals surface area contributed by atoms with E-state index in [1.54, 1.807) is 6.08 Å². The summed E-state index contributed by atoms with van der Waals surface area (Å²) in [6.07, 6.45) is 4.02. The molecule has 0 heterocycles. The van der Waals surface area contributed by atoms with Gasteiger partial charge in [-0.05, 0) is 38.2 Å². The maximum absolute atomic E-state index is 10.2. The van der Waals surface area contributed by atoms with Crippen molar-refractivity contribution in [3.63, 3.8) is 0 Å². The minimum absolute atomic E-state index is 0.404. The summed E-state index contributed by atoms with van der Waals surface area (Å²) in [5.41, 5.74) is 0. The largest absolute Gasteiger partial charge is 0.309 e. The molecule has 0 atom stereocenters. The number of hydrogen-bond donors (Lipinski definition) is 0. The van der Waals surface area contributed by atoms with E-state index < -0.39 is 5.24 Å². The molecule has 0 N–H and O–H groups in total. The molecule has 0 fully saturated rings. The average Bonchev–Trinajstić information content (AvgIpc) is 1.79. The Hall–Kier alpha value is -0.340. The van der Waals surface area contributed by atoms with Crippen LogP contribution < -0.4 is 0 Å². The van der Waals surface area contributed by atoms with Crippen LogP contribution >= 0.6 is 11.6 Å². The zero-order valence-electron chi connectivity index (χ0n) is 6.30. The lowest BCUT2D eigenvalue weighted by Crippen LogP contribution is -2.11. The second-order valence-electron chi connectivity index (χ2n) is 2.30. The number of halogens is 1. The Morgan fingerprint density at radius 3 is 2.60 bits per heavy atom. The predicted molar refractivity (Wildman–Crippen MR) is 43.2 cm³/mol. The average molecular weight is 162 g/mol. The van der Waals surface area contributed by atoms with E-state index in [-0.39, 0.29) is 0 Å². The molecule has 0 aromatic heterocycles. The van der Waals surface area contributed by atoms with Gasteiger partial charge < -0.3 is 4.90 Å². The number of carbonyl (C=O) groups excluding carboxylic acids is 1. The summed E-state index contributed by atoms with van der Waals surface area (Å²) in [7, 11) is 3.96. The van der Waals surface area contributed by atoms with Crippen LogP contribution in [0, 0.1) is 0 Å². The maximum Gasteiger partial charge on any atom is 0.244 e. The van der Waals surface area contributed by atoms with Gasteiger partial charge in [0.1, 0.15) is 0 Å². The van der Waals surface area contributed by atoms with Crippen molar-refractivity contribution in [2.24, 2.45) is 0 Å². The van der Waals surface area contributed by atoms with E-state index in [0.29, 0.717) is 0 Å². The molecule has 0 aliphatic heterocycles. The molecule has 0 unspecified atom stereocenters. The van der Waals surface area contributed by atoms with Gasteiger partial charge in [-0.2, -0.15) is 0 Å². The molecule has 2 nitrogen and oxygen atoms in total. The van der Waals surface area contributed by atoms with Gasteiger partial charge in [0.2, 0.25) is 5.24 Å². The number of hydrogen-bond acceptors (Lipinski definition) is 2. The van der Waals surface area contributed by atoms with E-state index >= 15 is 0 Å². The number of carbonyl (C=O) groups is 1. The van der Waals surface area contributed by atoms with E-state index in [9.17, 15) is 4.79 Å². The smallest absolute Gasteiger partial charge is 0.244 e. The zero-order chi connectivity index (χ0) is 7.98. The standard InChI is InChI=1S/C7H12ClNO/c1-9(2)6-4-3-5-7(8)10/h3,5H,4,6H2,1-2H3/b5-3+. The van der Waals surface area contributed by atoms with Gasteiger partial charge in [-0.3, -0.25) is 4.79 Å². The molecule has 3 heteroatoms. The van der Waals surface area contributed by atoms with Gasteiger partial charge in [-0.1, -0.05) is 6.08 Å². The van der Waals surface area contributed by atoms with E-state index in [4.69, 9.17) is 11.6 Å².